The van der Waals surface area contributed by atoms with Gasteiger partial charge in [-0.25, -0.2) is 13.8 Å². The molecule has 3 rings (SSSR count). The number of hydrogen-bond donors (Lipinski definition) is 0. The summed E-state index contributed by atoms with van der Waals surface area (Å²) in [5.41, 5.74) is -0.530. The van der Waals surface area contributed by atoms with Crippen LogP contribution in [0.1, 0.15) is 22.5 Å². The van der Waals surface area contributed by atoms with Gasteiger partial charge in [-0.15, -0.1) is 0 Å². The van der Waals surface area contributed by atoms with Crippen LogP contribution >= 0.6 is 0 Å². The molecule has 0 unspecified atom stereocenters. The van der Waals surface area contributed by atoms with Gasteiger partial charge in [0.2, 0.25) is 0 Å². The maximum atomic E-state index is 13.0. The molecule has 0 aromatic carbocycles. The van der Waals surface area contributed by atoms with E-state index in [4.69, 9.17) is 0 Å². The molecule has 1 aliphatic rings. The number of halogens is 2. The molecule has 9 heteroatoms. The molecular weight excluding hydrogens is 306 g/mol. The fourth-order valence-electron chi connectivity index (χ4n) is 2.53. The third-order valence-electron chi connectivity index (χ3n) is 3.90. The van der Waals surface area contributed by atoms with E-state index >= 15 is 0 Å². The third kappa shape index (κ3) is 2.86. The number of alkyl halides is 2. The normalized spacial score (nSPS) is 14.9. The first-order valence-corrected chi connectivity index (χ1v) is 7.07. The number of carbonyl (C=O) groups excluding carboxylic acids is 1. The molecular formula is C14H16F2N6O. The second-order valence-corrected chi connectivity index (χ2v) is 5.44. The van der Waals surface area contributed by atoms with Crippen molar-refractivity contribution in [2.45, 2.75) is 12.5 Å². The van der Waals surface area contributed by atoms with Crippen LogP contribution < -0.4 is 4.90 Å². The molecule has 0 aliphatic carbocycles. The van der Waals surface area contributed by atoms with Crippen LogP contribution in [-0.4, -0.2) is 56.7 Å². The second kappa shape index (κ2) is 5.90. The van der Waals surface area contributed by atoms with Crippen LogP contribution in [0.15, 0.2) is 24.8 Å². The number of hydrogen-bond acceptors (Lipinski definition) is 5. The zero-order valence-corrected chi connectivity index (χ0v) is 12.7. The van der Waals surface area contributed by atoms with Crippen LogP contribution in [0.5, 0.6) is 0 Å². The highest BCUT2D eigenvalue weighted by Crippen LogP contribution is 2.25. The van der Waals surface area contributed by atoms with Crippen molar-refractivity contribution in [3.63, 3.8) is 0 Å². The number of anilines is 1. The molecule has 122 valence electrons. The average molecular weight is 322 g/mol. The van der Waals surface area contributed by atoms with Gasteiger partial charge in [0.25, 0.3) is 12.3 Å². The lowest BCUT2D eigenvalue weighted by Crippen LogP contribution is -2.60. The monoisotopic (exact) mass is 322 g/mol. The summed E-state index contributed by atoms with van der Waals surface area (Å²) in [7, 11) is 3.13. The van der Waals surface area contributed by atoms with Crippen molar-refractivity contribution in [3.8, 4) is 0 Å². The van der Waals surface area contributed by atoms with Crippen LogP contribution in [0, 0.1) is 0 Å². The van der Waals surface area contributed by atoms with Gasteiger partial charge in [-0.05, 0) is 0 Å². The standard InChI is InChI=1S/C14H16F2N6O/c1-20-8-10(12(19-20)13(15)16)14(23)21(2)9-6-22(7-9)11-5-17-3-4-18-11/h3-5,8-9,13H,6-7H2,1-2H3. The van der Waals surface area contributed by atoms with Crippen LogP contribution in [0.4, 0.5) is 14.6 Å². The van der Waals surface area contributed by atoms with Crippen LogP contribution in [0.3, 0.4) is 0 Å². The van der Waals surface area contributed by atoms with Crippen molar-refractivity contribution in [1.82, 2.24) is 24.6 Å². The summed E-state index contributed by atoms with van der Waals surface area (Å²) in [5.74, 6) is 0.288. The first-order chi connectivity index (χ1) is 11.0. The predicted molar refractivity (Wildman–Crippen MR) is 78.3 cm³/mol. The summed E-state index contributed by atoms with van der Waals surface area (Å²) in [6.45, 7) is 1.18. The highest BCUT2D eigenvalue weighted by molar-refractivity contribution is 5.95. The van der Waals surface area contributed by atoms with Crippen molar-refractivity contribution in [3.05, 3.63) is 36.0 Å². The topological polar surface area (TPSA) is 67.2 Å². The maximum absolute atomic E-state index is 13.0. The Kier molecular flexibility index (Phi) is 3.93. The van der Waals surface area contributed by atoms with E-state index in [1.807, 2.05) is 4.90 Å². The quantitative estimate of drug-likeness (QED) is 0.843. The number of likely N-dealkylation sites (N-methyl/N-ethyl adjacent to an activating group) is 1. The smallest absolute Gasteiger partial charge is 0.282 e. The van der Waals surface area contributed by atoms with E-state index < -0.39 is 18.0 Å². The fraction of sp³-hybridized carbons (Fsp3) is 0.429. The molecule has 1 amide bonds. The Hall–Kier alpha value is -2.58. The largest absolute Gasteiger partial charge is 0.351 e. The minimum absolute atomic E-state index is 0.0528. The van der Waals surface area contributed by atoms with E-state index in [9.17, 15) is 13.6 Å². The van der Waals surface area contributed by atoms with E-state index in [2.05, 4.69) is 15.1 Å². The minimum Gasteiger partial charge on any atom is -0.351 e. The van der Waals surface area contributed by atoms with Crippen LogP contribution in [-0.2, 0) is 7.05 Å². The van der Waals surface area contributed by atoms with Gasteiger partial charge >= 0.3 is 0 Å². The molecule has 23 heavy (non-hydrogen) atoms. The maximum Gasteiger partial charge on any atom is 0.282 e. The number of rotatable bonds is 4. The molecule has 0 spiro atoms. The zero-order valence-electron chi connectivity index (χ0n) is 12.7. The van der Waals surface area contributed by atoms with E-state index in [0.717, 1.165) is 5.82 Å². The SMILES string of the molecule is CN(C(=O)c1cn(C)nc1C(F)F)C1CN(c2cnccn2)C1. The number of carbonyl (C=O) groups is 1. The number of amides is 1. The molecule has 1 fully saturated rings. The second-order valence-electron chi connectivity index (χ2n) is 5.44. The Bertz CT molecular complexity index is 699. The Morgan fingerprint density at radius 2 is 2.13 bits per heavy atom. The molecule has 2 aromatic rings. The van der Waals surface area contributed by atoms with Crippen molar-refractivity contribution < 1.29 is 13.6 Å². The summed E-state index contributed by atoms with van der Waals surface area (Å²) >= 11 is 0. The molecule has 0 radical (unpaired) electrons. The van der Waals surface area contributed by atoms with E-state index in [-0.39, 0.29) is 11.6 Å². The lowest BCUT2D eigenvalue weighted by atomic mass is 10.1. The number of nitrogens with zero attached hydrogens (tertiary/aromatic N) is 6. The fourth-order valence-corrected chi connectivity index (χ4v) is 2.53. The minimum atomic E-state index is -2.78. The molecule has 3 heterocycles. The number of aromatic nitrogens is 4. The summed E-state index contributed by atoms with van der Waals surface area (Å²) in [6.07, 6.45) is 3.39. The lowest BCUT2D eigenvalue weighted by molar-refractivity contribution is 0.0693. The van der Waals surface area contributed by atoms with Gasteiger partial charge < -0.3 is 9.80 Å². The summed E-state index contributed by atoms with van der Waals surface area (Å²) in [5, 5.41) is 3.67. The average Bonchev–Trinajstić information content (AvgIpc) is 2.88. The summed E-state index contributed by atoms with van der Waals surface area (Å²) in [4.78, 5) is 24.1. The van der Waals surface area contributed by atoms with Gasteiger partial charge in [-0.1, -0.05) is 0 Å². The zero-order chi connectivity index (χ0) is 16.6. The van der Waals surface area contributed by atoms with Gasteiger partial charge in [0.05, 0.1) is 17.8 Å². The van der Waals surface area contributed by atoms with E-state index in [0.29, 0.717) is 13.1 Å². The summed E-state index contributed by atoms with van der Waals surface area (Å²) < 4.78 is 27.2. The Balaban J connectivity index is 1.68. The van der Waals surface area contributed by atoms with Gasteiger partial charge in [-0.2, -0.15) is 5.10 Å². The summed E-state index contributed by atoms with van der Waals surface area (Å²) in [6, 6.07) is -0.0600. The van der Waals surface area contributed by atoms with Gasteiger partial charge in [0, 0.05) is 45.8 Å². The molecule has 0 atom stereocenters. The highest BCUT2D eigenvalue weighted by Gasteiger charge is 2.35. The van der Waals surface area contributed by atoms with E-state index in [1.165, 1.54) is 22.8 Å². The van der Waals surface area contributed by atoms with Crippen LogP contribution in [0.2, 0.25) is 0 Å². The van der Waals surface area contributed by atoms with Crippen molar-refractivity contribution >= 4 is 11.7 Å². The first-order valence-electron chi connectivity index (χ1n) is 7.07. The Morgan fingerprint density at radius 3 is 2.74 bits per heavy atom. The van der Waals surface area contributed by atoms with Crippen LogP contribution in [0.25, 0.3) is 0 Å². The first kappa shape index (κ1) is 15.3. The van der Waals surface area contributed by atoms with E-state index in [1.54, 1.807) is 25.6 Å². The van der Waals surface area contributed by atoms with Gasteiger partial charge in [-0.3, -0.25) is 14.5 Å². The van der Waals surface area contributed by atoms with Crippen molar-refractivity contribution in [1.29, 1.82) is 0 Å². The third-order valence-corrected chi connectivity index (χ3v) is 3.90. The molecule has 0 N–H and O–H groups in total. The van der Waals surface area contributed by atoms with Gasteiger partial charge in [0.15, 0.2) is 0 Å². The predicted octanol–water partition coefficient (Wildman–Crippen LogP) is 1.11. The van der Waals surface area contributed by atoms with Gasteiger partial charge in [0.1, 0.15) is 11.5 Å². The Labute approximate surface area is 131 Å². The van der Waals surface area contributed by atoms with Crippen molar-refractivity contribution in [2.24, 2.45) is 7.05 Å². The molecule has 0 saturated carbocycles. The molecule has 7 nitrogen and oxygen atoms in total. The Morgan fingerprint density at radius 1 is 1.39 bits per heavy atom. The van der Waals surface area contributed by atoms with Crippen molar-refractivity contribution in [2.75, 3.05) is 25.0 Å². The molecule has 1 saturated heterocycles. The highest BCUT2D eigenvalue weighted by atomic mass is 19.3. The molecule has 1 aliphatic heterocycles. The molecule has 2 aromatic heterocycles. The molecule has 0 bridgehead atoms. The number of aryl methyl sites for hydroxylation is 1. The lowest BCUT2D eigenvalue weighted by Gasteiger charge is -2.44.